The van der Waals surface area contributed by atoms with Gasteiger partial charge in [0.25, 0.3) is 0 Å². The van der Waals surface area contributed by atoms with Gasteiger partial charge in [-0.15, -0.1) is 0 Å². The molecule has 15 heavy (non-hydrogen) atoms. The first kappa shape index (κ1) is 11.2. The summed E-state index contributed by atoms with van der Waals surface area (Å²) in [5, 5.41) is 0.646. The fourth-order valence-corrected chi connectivity index (χ4v) is 3.54. The second kappa shape index (κ2) is 3.96. The molecule has 5 heteroatoms. The van der Waals surface area contributed by atoms with Crippen LogP contribution in [0, 0.1) is 0 Å². The van der Waals surface area contributed by atoms with Gasteiger partial charge in [-0.25, -0.2) is 8.42 Å². The van der Waals surface area contributed by atoms with Crippen LogP contribution in [-0.2, 0) is 15.5 Å². The van der Waals surface area contributed by atoms with E-state index >= 15 is 0 Å². The highest BCUT2D eigenvalue weighted by molar-refractivity contribution is 8.13. The molecule has 1 unspecified atom stereocenters. The van der Waals surface area contributed by atoms with Crippen LogP contribution in [0.2, 0.25) is 5.02 Å². The number of halogens is 2. The van der Waals surface area contributed by atoms with Crippen LogP contribution in [0.25, 0.3) is 0 Å². The van der Waals surface area contributed by atoms with E-state index in [0.29, 0.717) is 5.02 Å². The average Bonchev–Trinajstić information content (AvgIpc) is 2.46. The van der Waals surface area contributed by atoms with Crippen LogP contribution < -0.4 is 0 Å². The summed E-state index contributed by atoms with van der Waals surface area (Å²) in [5.41, 5.74) is 2.22. The topological polar surface area (TPSA) is 34.1 Å². The van der Waals surface area contributed by atoms with E-state index in [-0.39, 0.29) is 11.7 Å². The van der Waals surface area contributed by atoms with Crippen LogP contribution in [0.1, 0.15) is 23.5 Å². The van der Waals surface area contributed by atoms with Crippen LogP contribution in [0.5, 0.6) is 0 Å². The van der Waals surface area contributed by atoms with Gasteiger partial charge in [0.15, 0.2) is 0 Å². The van der Waals surface area contributed by atoms with Crippen LogP contribution >= 0.6 is 22.3 Å². The summed E-state index contributed by atoms with van der Waals surface area (Å²) >= 11 is 5.88. The van der Waals surface area contributed by atoms with E-state index < -0.39 is 9.05 Å². The maximum atomic E-state index is 11.0. The summed E-state index contributed by atoms with van der Waals surface area (Å²) in [7, 11) is 1.82. The number of hydrogen-bond acceptors (Lipinski definition) is 2. The summed E-state index contributed by atoms with van der Waals surface area (Å²) in [4.78, 5) is 0. The van der Waals surface area contributed by atoms with Gasteiger partial charge in [0.05, 0.1) is 5.75 Å². The standard InChI is InChI=1S/C10H10Cl2O2S/c11-9-4-3-7-1-2-8(10(7)5-9)6-15(12,13)14/h3-5,8H,1-2,6H2. The molecular weight excluding hydrogens is 255 g/mol. The van der Waals surface area contributed by atoms with Crippen LogP contribution in [0.3, 0.4) is 0 Å². The largest absolute Gasteiger partial charge is 0.233 e. The Hall–Kier alpha value is -0.250. The monoisotopic (exact) mass is 264 g/mol. The molecule has 0 saturated carbocycles. The van der Waals surface area contributed by atoms with E-state index in [2.05, 4.69) is 0 Å². The number of rotatable bonds is 2. The van der Waals surface area contributed by atoms with Crippen molar-refractivity contribution < 1.29 is 8.42 Å². The predicted molar refractivity (Wildman–Crippen MR) is 62.2 cm³/mol. The van der Waals surface area contributed by atoms with Crippen molar-refractivity contribution in [3.63, 3.8) is 0 Å². The van der Waals surface area contributed by atoms with Crippen molar-refractivity contribution in [2.75, 3.05) is 5.75 Å². The molecule has 0 bridgehead atoms. The molecule has 1 atom stereocenters. The third-order valence-electron chi connectivity index (χ3n) is 2.71. The van der Waals surface area contributed by atoms with Gasteiger partial charge >= 0.3 is 0 Å². The predicted octanol–water partition coefficient (Wildman–Crippen LogP) is 2.94. The third-order valence-corrected chi connectivity index (χ3v) is 4.12. The number of fused-ring (bicyclic) bond motifs is 1. The van der Waals surface area contributed by atoms with Crippen molar-refractivity contribution in [2.45, 2.75) is 18.8 Å². The Morgan fingerprint density at radius 3 is 2.80 bits per heavy atom. The maximum absolute atomic E-state index is 11.0. The van der Waals surface area contributed by atoms with Gasteiger partial charge in [-0.05, 0) is 42.0 Å². The lowest BCUT2D eigenvalue weighted by atomic mass is 10.0. The molecule has 0 N–H and O–H groups in total. The first-order valence-corrected chi connectivity index (χ1v) is 7.52. The fraction of sp³-hybridized carbons (Fsp3) is 0.400. The van der Waals surface area contributed by atoms with Gasteiger partial charge in [0, 0.05) is 15.7 Å². The van der Waals surface area contributed by atoms with Crippen LogP contribution in [-0.4, -0.2) is 14.2 Å². The Kier molecular flexibility index (Phi) is 2.97. The third kappa shape index (κ3) is 2.65. The molecule has 0 spiro atoms. The number of hydrogen-bond donors (Lipinski definition) is 0. The van der Waals surface area contributed by atoms with Crippen LogP contribution in [0.15, 0.2) is 18.2 Å². The maximum Gasteiger partial charge on any atom is 0.233 e. The molecule has 0 amide bonds. The molecule has 2 nitrogen and oxygen atoms in total. The molecule has 0 aliphatic heterocycles. The minimum Gasteiger partial charge on any atom is -0.212 e. The molecule has 1 aromatic carbocycles. The quantitative estimate of drug-likeness (QED) is 0.770. The molecule has 2 rings (SSSR count). The molecule has 1 aliphatic carbocycles. The Bertz CT molecular complexity index is 482. The lowest BCUT2D eigenvalue weighted by molar-refractivity contribution is 0.600. The minimum absolute atomic E-state index is 0.00111. The Morgan fingerprint density at radius 1 is 1.40 bits per heavy atom. The molecular formula is C10H10Cl2O2S. The van der Waals surface area contributed by atoms with Gasteiger partial charge in [-0.2, -0.15) is 0 Å². The van der Waals surface area contributed by atoms with E-state index in [9.17, 15) is 8.42 Å². The number of aryl methyl sites for hydroxylation is 1. The van der Waals surface area contributed by atoms with E-state index in [1.165, 1.54) is 5.56 Å². The van der Waals surface area contributed by atoms with Crippen LogP contribution in [0.4, 0.5) is 0 Å². The SMILES string of the molecule is O=S(=O)(Cl)CC1CCc2ccc(Cl)cc21. The highest BCUT2D eigenvalue weighted by atomic mass is 35.7. The summed E-state index contributed by atoms with van der Waals surface area (Å²) in [6.45, 7) is 0. The smallest absolute Gasteiger partial charge is 0.212 e. The zero-order valence-electron chi connectivity index (χ0n) is 7.91. The summed E-state index contributed by atoms with van der Waals surface area (Å²) in [5.74, 6) is 0.00299. The van der Waals surface area contributed by atoms with Crippen molar-refractivity contribution in [1.29, 1.82) is 0 Å². The first-order valence-electron chi connectivity index (χ1n) is 4.66. The molecule has 1 aliphatic rings. The van der Waals surface area contributed by atoms with Crippen molar-refractivity contribution in [2.24, 2.45) is 0 Å². The minimum atomic E-state index is -3.43. The van der Waals surface area contributed by atoms with Gasteiger partial charge in [-0.3, -0.25) is 0 Å². The van der Waals surface area contributed by atoms with Crippen molar-refractivity contribution >= 4 is 31.3 Å². The zero-order valence-corrected chi connectivity index (χ0v) is 10.2. The lowest BCUT2D eigenvalue weighted by Crippen LogP contribution is -2.07. The summed E-state index contributed by atoms with van der Waals surface area (Å²) < 4.78 is 22.0. The van der Waals surface area contributed by atoms with Gasteiger partial charge in [0.1, 0.15) is 0 Å². The molecule has 0 radical (unpaired) electrons. The molecule has 1 aromatic rings. The van der Waals surface area contributed by atoms with Gasteiger partial charge < -0.3 is 0 Å². The highest BCUT2D eigenvalue weighted by Crippen LogP contribution is 2.36. The number of benzene rings is 1. The molecule has 0 saturated heterocycles. The summed E-state index contributed by atoms with van der Waals surface area (Å²) in [6.07, 6.45) is 1.74. The van der Waals surface area contributed by atoms with Crippen molar-refractivity contribution in [3.05, 3.63) is 34.3 Å². The lowest BCUT2D eigenvalue weighted by Gasteiger charge is -2.09. The van der Waals surface area contributed by atoms with Crippen molar-refractivity contribution in [1.82, 2.24) is 0 Å². The molecule has 0 fully saturated rings. The second-order valence-corrected chi connectivity index (χ2v) is 7.04. The zero-order chi connectivity index (χ0) is 11.1. The van der Waals surface area contributed by atoms with E-state index in [4.69, 9.17) is 22.3 Å². The van der Waals surface area contributed by atoms with Crippen molar-refractivity contribution in [3.8, 4) is 0 Å². The van der Waals surface area contributed by atoms with E-state index in [0.717, 1.165) is 18.4 Å². The summed E-state index contributed by atoms with van der Waals surface area (Å²) in [6, 6.07) is 5.63. The second-order valence-electron chi connectivity index (χ2n) is 3.78. The molecule has 0 aromatic heterocycles. The Labute approximate surface area is 98.6 Å². The average molecular weight is 265 g/mol. The molecule has 82 valence electrons. The normalized spacial score (nSPS) is 20.3. The van der Waals surface area contributed by atoms with Gasteiger partial charge in [-0.1, -0.05) is 17.7 Å². The molecule has 0 heterocycles. The van der Waals surface area contributed by atoms with E-state index in [1.54, 1.807) is 0 Å². The Balaban J connectivity index is 2.32. The first-order chi connectivity index (χ1) is 6.96. The Morgan fingerprint density at radius 2 is 2.13 bits per heavy atom. The fourth-order valence-electron chi connectivity index (χ4n) is 2.07. The van der Waals surface area contributed by atoms with E-state index in [1.807, 2.05) is 18.2 Å². The van der Waals surface area contributed by atoms with Gasteiger partial charge in [0.2, 0.25) is 9.05 Å². The highest BCUT2D eigenvalue weighted by Gasteiger charge is 2.26.